The molecule has 3 atom stereocenters. The number of amides is 1. The van der Waals surface area contributed by atoms with Crippen molar-refractivity contribution < 1.29 is 14.6 Å². The fourth-order valence-corrected chi connectivity index (χ4v) is 6.20. The molecule has 170 valence electrons. The summed E-state index contributed by atoms with van der Waals surface area (Å²) in [6.07, 6.45) is 6.27. The van der Waals surface area contributed by atoms with Gasteiger partial charge in [-0.3, -0.25) is 4.79 Å². The van der Waals surface area contributed by atoms with Gasteiger partial charge in [-0.15, -0.1) is 0 Å². The van der Waals surface area contributed by atoms with Gasteiger partial charge in [0.25, 0.3) is 5.91 Å². The molecule has 2 N–H and O–H groups in total. The second-order valence-corrected chi connectivity index (χ2v) is 10.0. The van der Waals surface area contributed by atoms with Crippen molar-refractivity contribution in [1.29, 1.82) is 0 Å². The number of carbonyl (C=O) groups excluding carboxylic acids is 1. The Bertz CT molecular complexity index is 960. The summed E-state index contributed by atoms with van der Waals surface area (Å²) in [5.74, 6) is 1.12. The first kappa shape index (κ1) is 21.5. The number of ether oxygens (including phenoxy) is 1. The Morgan fingerprint density at radius 2 is 1.94 bits per heavy atom. The summed E-state index contributed by atoms with van der Waals surface area (Å²) in [5.41, 5.74) is 1.26. The number of hydrogen-bond donors (Lipinski definition) is 2. The predicted molar refractivity (Wildman–Crippen MR) is 125 cm³/mol. The van der Waals surface area contributed by atoms with E-state index in [2.05, 4.69) is 16.3 Å². The van der Waals surface area contributed by atoms with Crippen LogP contribution in [0.25, 0.3) is 0 Å². The molecule has 5 heteroatoms. The molecule has 2 aliphatic carbocycles. The van der Waals surface area contributed by atoms with E-state index in [0.29, 0.717) is 5.56 Å². The Hall–Kier alpha value is -2.37. The number of benzene rings is 2. The van der Waals surface area contributed by atoms with Gasteiger partial charge in [0.15, 0.2) is 0 Å². The molecule has 1 amide bonds. The molecule has 0 bridgehead atoms. The van der Waals surface area contributed by atoms with E-state index in [9.17, 15) is 9.90 Å². The highest BCUT2D eigenvalue weighted by Gasteiger charge is 2.59. The van der Waals surface area contributed by atoms with Crippen LogP contribution in [0.15, 0.2) is 54.6 Å². The van der Waals surface area contributed by atoms with Crippen LogP contribution < -0.4 is 5.32 Å². The molecule has 1 aliphatic heterocycles. The number of nitrogens with zero attached hydrogens (tertiary/aromatic N) is 1. The number of methoxy groups -OCH3 is 1. The predicted octanol–water partition coefficient (Wildman–Crippen LogP) is 4.11. The number of aromatic hydroxyl groups is 1. The lowest BCUT2D eigenvalue weighted by Gasteiger charge is -2.60. The van der Waals surface area contributed by atoms with E-state index in [-0.39, 0.29) is 28.7 Å². The fourth-order valence-electron chi connectivity index (χ4n) is 6.20. The minimum atomic E-state index is -0.318. The van der Waals surface area contributed by atoms with Gasteiger partial charge in [0, 0.05) is 37.2 Å². The molecule has 1 saturated heterocycles. The van der Waals surface area contributed by atoms with Gasteiger partial charge in [-0.2, -0.15) is 0 Å². The number of nitrogens with one attached hydrogen (secondary N) is 1. The van der Waals surface area contributed by atoms with Crippen LogP contribution in [0.1, 0.15) is 54.4 Å². The smallest absolute Gasteiger partial charge is 0.251 e. The molecule has 0 aromatic heterocycles. The summed E-state index contributed by atoms with van der Waals surface area (Å²) in [6.45, 7) is 3.10. The van der Waals surface area contributed by atoms with Gasteiger partial charge in [-0.25, -0.2) is 0 Å². The van der Waals surface area contributed by atoms with Crippen LogP contribution in [-0.4, -0.2) is 54.3 Å². The number of rotatable bonds is 6. The third-order valence-corrected chi connectivity index (χ3v) is 8.07. The third kappa shape index (κ3) is 3.93. The van der Waals surface area contributed by atoms with E-state index in [1.54, 1.807) is 6.07 Å². The second-order valence-electron chi connectivity index (χ2n) is 10.0. The Balaban J connectivity index is 1.45. The quantitative estimate of drug-likeness (QED) is 0.718. The standard InChI is InChI=1S/C27H34N2O3/c1-32-27-13-12-23(28-25(31)21-6-3-2-4-7-21)17-26(27,22-8-5-9-24(30)16-22)14-15-29(19-27)18-20-10-11-20/h2-9,16,20,23,30H,10-15,17-19H2,1H3,(H,28,31)/t23-,26?,27?/m0/s1. The normalized spacial score (nSPS) is 30.5. The minimum absolute atomic E-state index is 0.0160. The molecule has 3 aliphatic rings. The number of phenolic OH excluding ortho intramolecular Hbond substituents is 1. The molecule has 1 heterocycles. The van der Waals surface area contributed by atoms with Gasteiger partial charge < -0.3 is 20.1 Å². The Morgan fingerprint density at radius 1 is 1.12 bits per heavy atom. The SMILES string of the molecule is COC12CC[C@H](NC(=O)c3ccccc3)CC1(c1cccc(O)c1)CCN(CC1CC1)C2. The molecular weight excluding hydrogens is 400 g/mol. The molecule has 5 nitrogen and oxygen atoms in total. The number of fused-ring (bicyclic) bond motifs is 1. The van der Waals surface area contributed by atoms with Crippen LogP contribution in [0.3, 0.4) is 0 Å². The summed E-state index contributed by atoms with van der Waals surface area (Å²) in [7, 11) is 1.85. The van der Waals surface area contributed by atoms with Gasteiger partial charge in [0.2, 0.25) is 0 Å². The molecule has 32 heavy (non-hydrogen) atoms. The van der Waals surface area contributed by atoms with Gasteiger partial charge in [-0.1, -0.05) is 30.3 Å². The van der Waals surface area contributed by atoms with E-state index in [1.165, 1.54) is 12.8 Å². The zero-order valence-corrected chi connectivity index (χ0v) is 18.9. The van der Waals surface area contributed by atoms with Gasteiger partial charge in [-0.05, 0) is 80.8 Å². The third-order valence-electron chi connectivity index (χ3n) is 8.07. The molecule has 2 unspecified atom stereocenters. The Kier molecular flexibility index (Phi) is 5.72. The van der Waals surface area contributed by atoms with Crippen molar-refractivity contribution in [2.24, 2.45) is 5.92 Å². The Labute approximate surface area is 190 Å². The number of phenols is 1. The van der Waals surface area contributed by atoms with Crippen molar-refractivity contribution in [1.82, 2.24) is 10.2 Å². The number of piperidine rings is 1. The topological polar surface area (TPSA) is 61.8 Å². The average molecular weight is 435 g/mol. The molecule has 2 aromatic rings. The first-order chi connectivity index (χ1) is 15.5. The molecule has 5 rings (SSSR count). The molecule has 0 radical (unpaired) electrons. The van der Waals surface area contributed by atoms with Gasteiger partial charge in [0.1, 0.15) is 5.75 Å². The highest BCUT2D eigenvalue weighted by Crippen LogP contribution is 2.54. The number of carbonyl (C=O) groups is 1. The van der Waals surface area contributed by atoms with Crippen LogP contribution in [-0.2, 0) is 10.2 Å². The van der Waals surface area contributed by atoms with Crippen LogP contribution in [0.4, 0.5) is 0 Å². The average Bonchev–Trinajstić information content (AvgIpc) is 3.63. The summed E-state index contributed by atoms with van der Waals surface area (Å²) >= 11 is 0. The van der Waals surface area contributed by atoms with Crippen LogP contribution in [0.2, 0.25) is 0 Å². The van der Waals surface area contributed by atoms with Crippen molar-refractivity contribution in [3.8, 4) is 5.75 Å². The zero-order chi connectivity index (χ0) is 22.2. The van der Waals surface area contributed by atoms with Gasteiger partial charge in [0.05, 0.1) is 5.60 Å². The minimum Gasteiger partial charge on any atom is -0.508 e. The number of likely N-dealkylation sites (tertiary alicyclic amines) is 1. The fraction of sp³-hybridized carbons (Fsp3) is 0.519. The summed E-state index contributed by atoms with van der Waals surface area (Å²) in [6, 6.07) is 17.2. The monoisotopic (exact) mass is 434 g/mol. The van der Waals surface area contributed by atoms with E-state index < -0.39 is 0 Å². The van der Waals surface area contributed by atoms with Gasteiger partial charge >= 0.3 is 0 Å². The molecule has 3 fully saturated rings. The molecule has 2 saturated carbocycles. The molecule has 2 aromatic carbocycles. The van der Waals surface area contributed by atoms with Crippen LogP contribution in [0, 0.1) is 5.92 Å². The number of hydrogen-bond acceptors (Lipinski definition) is 4. The van der Waals surface area contributed by atoms with Crippen molar-refractivity contribution in [2.45, 2.75) is 55.6 Å². The summed E-state index contributed by atoms with van der Waals surface area (Å²) in [5, 5.41) is 13.6. The van der Waals surface area contributed by atoms with Crippen molar-refractivity contribution in [2.75, 3.05) is 26.7 Å². The molecular formula is C27H34N2O3. The van der Waals surface area contributed by atoms with E-state index in [4.69, 9.17) is 4.74 Å². The summed E-state index contributed by atoms with van der Waals surface area (Å²) in [4.78, 5) is 15.5. The highest BCUT2D eigenvalue weighted by molar-refractivity contribution is 5.94. The van der Waals surface area contributed by atoms with Crippen molar-refractivity contribution in [3.63, 3.8) is 0 Å². The Morgan fingerprint density at radius 3 is 2.66 bits per heavy atom. The largest absolute Gasteiger partial charge is 0.508 e. The maximum Gasteiger partial charge on any atom is 0.251 e. The van der Waals surface area contributed by atoms with Crippen molar-refractivity contribution >= 4 is 5.91 Å². The highest BCUT2D eigenvalue weighted by atomic mass is 16.5. The van der Waals surface area contributed by atoms with E-state index in [1.807, 2.05) is 49.6 Å². The maximum absolute atomic E-state index is 12.9. The summed E-state index contributed by atoms with van der Waals surface area (Å²) < 4.78 is 6.41. The van der Waals surface area contributed by atoms with E-state index >= 15 is 0 Å². The van der Waals surface area contributed by atoms with E-state index in [0.717, 1.165) is 56.8 Å². The van der Waals surface area contributed by atoms with Crippen LogP contribution in [0.5, 0.6) is 5.75 Å². The molecule has 0 spiro atoms. The van der Waals surface area contributed by atoms with Crippen molar-refractivity contribution in [3.05, 3.63) is 65.7 Å². The first-order valence-corrected chi connectivity index (χ1v) is 12.0. The lowest BCUT2D eigenvalue weighted by atomic mass is 9.55. The lowest BCUT2D eigenvalue weighted by Crippen LogP contribution is -2.68. The first-order valence-electron chi connectivity index (χ1n) is 12.0. The second kappa shape index (κ2) is 8.53. The lowest BCUT2D eigenvalue weighted by molar-refractivity contribution is -0.148. The maximum atomic E-state index is 12.9. The van der Waals surface area contributed by atoms with Crippen LogP contribution >= 0.6 is 0 Å². The zero-order valence-electron chi connectivity index (χ0n) is 18.9.